The van der Waals surface area contributed by atoms with Crippen LogP contribution in [-0.4, -0.2) is 31.1 Å². The van der Waals surface area contributed by atoms with E-state index in [9.17, 15) is 0 Å². The van der Waals surface area contributed by atoms with Gasteiger partial charge in [-0.1, -0.05) is 26.2 Å². The summed E-state index contributed by atoms with van der Waals surface area (Å²) >= 11 is 0. The zero-order chi connectivity index (χ0) is 8.65. The molecule has 1 saturated heterocycles. The first kappa shape index (κ1) is 10.0. The Morgan fingerprint density at radius 2 is 2.00 bits per heavy atom. The largest absolute Gasteiger partial charge is 0.314 e. The van der Waals surface area contributed by atoms with Gasteiger partial charge in [0, 0.05) is 32.7 Å². The summed E-state index contributed by atoms with van der Waals surface area (Å²) in [6.45, 7) is 9.36. The van der Waals surface area contributed by atoms with E-state index in [4.69, 9.17) is 0 Å². The average molecular weight is 169 g/mol. The predicted molar refractivity (Wildman–Crippen MR) is 52.9 cm³/mol. The van der Waals surface area contributed by atoms with Crippen LogP contribution in [0.2, 0.25) is 0 Å². The minimum atomic E-state index is 1.16. The van der Waals surface area contributed by atoms with Gasteiger partial charge >= 0.3 is 0 Å². The SMILES string of the molecule is CCCCC[CH]N1CCNCC1. The summed E-state index contributed by atoms with van der Waals surface area (Å²) in [6, 6.07) is 0. The summed E-state index contributed by atoms with van der Waals surface area (Å²) in [5.74, 6) is 0. The van der Waals surface area contributed by atoms with Gasteiger partial charge in [0.15, 0.2) is 0 Å². The van der Waals surface area contributed by atoms with E-state index >= 15 is 0 Å². The topological polar surface area (TPSA) is 15.3 Å². The molecule has 0 bridgehead atoms. The number of piperazine rings is 1. The van der Waals surface area contributed by atoms with E-state index in [1.807, 2.05) is 0 Å². The summed E-state index contributed by atoms with van der Waals surface area (Å²) < 4.78 is 0. The van der Waals surface area contributed by atoms with Gasteiger partial charge in [-0.05, 0) is 6.42 Å². The fourth-order valence-electron chi connectivity index (χ4n) is 1.53. The highest BCUT2D eigenvalue weighted by atomic mass is 15.2. The van der Waals surface area contributed by atoms with Crippen molar-refractivity contribution in [1.82, 2.24) is 10.2 Å². The third-order valence-corrected chi connectivity index (χ3v) is 2.35. The summed E-state index contributed by atoms with van der Waals surface area (Å²) in [5.41, 5.74) is 0. The Kier molecular flexibility index (Phi) is 5.37. The summed E-state index contributed by atoms with van der Waals surface area (Å²) in [5, 5.41) is 3.35. The quantitative estimate of drug-likeness (QED) is 0.629. The van der Waals surface area contributed by atoms with Gasteiger partial charge < -0.3 is 5.32 Å². The molecule has 0 aliphatic carbocycles. The van der Waals surface area contributed by atoms with Gasteiger partial charge in [0.1, 0.15) is 0 Å². The van der Waals surface area contributed by atoms with E-state index in [1.165, 1.54) is 38.8 Å². The van der Waals surface area contributed by atoms with Crippen molar-refractivity contribution in [3.05, 3.63) is 6.54 Å². The Balaban J connectivity index is 1.91. The van der Waals surface area contributed by atoms with Crippen molar-refractivity contribution >= 4 is 0 Å². The van der Waals surface area contributed by atoms with Gasteiger partial charge in [0.2, 0.25) is 0 Å². The molecule has 0 amide bonds. The lowest BCUT2D eigenvalue weighted by molar-refractivity contribution is 0.281. The third-order valence-electron chi connectivity index (χ3n) is 2.35. The zero-order valence-electron chi connectivity index (χ0n) is 8.18. The van der Waals surface area contributed by atoms with Crippen LogP contribution < -0.4 is 5.32 Å². The Bertz CT molecular complexity index is 98.0. The second-order valence-electron chi connectivity index (χ2n) is 3.46. The summed E-state index contributed by atoms with van der Waals surface area (Å²) in [4.78, 5) is 2.45. The van der Waals surface area contributed by atoms with Crippen molar-refractivity contribution in [3.63, 3.8) is 0 Å². The normalized spacial score (nSPS) is 19.8. The number of nitrogens with zero attached hydrogens (tertiary/aromatic N) is 1. The predicted octanol–water partition coefficient (Wildman–Crippen LogP) is 1.63. The highest BCUT2D eigenvalue weighted by Gasteiger charge is 2.07. The van der Waals surface area contributed by atoms with Gasteiger partial charge in [0.05, 0.1) is 0 Å². The second kappa shape index (κ2) is 6.44. The van der Waals surface area contributed by atoms with Crippen LogP contribution in [0, 0.1) is 6.54 Å². The van der Waals surface area contributed by atoms with Crippen LogP contribution >= 0.6 is 0 Å². The van der Waals surface area contributed by atoms with Crippen molar-refractivity contribution in [2.24, 2.45) is 0 Å². The van der Waals surface area contributed by atoms with Crippen molar-refractivity contribution < 1.29 is 0 Å². The number of hydrogen-bond acceptors (Lipinski definition) is 2. The van der Waals surface area contributed by atoms with Gasteiger partial charge in [-0.3, -0.25) is 4.90 Å². The number of hydrogen-bond donors (Lipinski definition) is 1. The van der Waals surface area contributed by atoms with Gasteiger partial charge in [-0.2, -0.15) is 0 Å². The third kappa shape index (κ3) is 4.07. The van der Waals surface area contributed by atoms with E-state index in [0.29, 0.717) is 0 Å². The smallest absolute Gasteiger partial charge is 0.0252 e. The molecule has 12 heavy (non-hydrogen) atoms. The molecule has 1 aliphatic heterocycles. The molecule has 0 aromatic carbocycles. The zero-order valence-corrected chi connectivity index (χ0v) is 8.18. The lowest BCUT2D eigenvalue weighted by Gasteiger charge is -2.26. The number of unbranched alkanes of at least 4 members (excludes halogenated alkanes) is 3. The first-order valence-corrected chi connectivity index (χ1v) is 5.21. The molecule has 0 aromatic rings. The molecule has 0 unspecified atom stereocenters. The Hall–Kier alpha value is -0.0800. The maximum absolute atomic E-state index is 3.35. The summed E-state index contributed by atoms with van der Waals surface area (Å²) in [7, 11) is 0. The van der Waals surface area contributed by atoms with Gasteiger partial charge in [-0.15, -0.1) is 0 Å². The molecule has 0 aromatic heterocycles. The van der Waals surface area contributed by atoms with E-state index in [0.717, 1.165) is 13.1 Å². The Morgan fingerprint density at radius 3 is 2.67 bits per heavy atom. The highest BCUT2D eigenvalue weighted by molar-refractivity contribution is 4.74. The lowest BCUT2D eigenvalue weighted by atomic mass is 10.2. The first-order valence-electron chi connectivity index (χ1n) is 5.21. The molecular weight excluding hydrogens is 148 g/mol. The molecule has 2 heteroatoms. The van der Waals surface area contributed by atoms with Crippen molar-refractivity contribution in [3.8, 4) is 0 Å². The van der Waals surface area contributed by atoms with E-state index < -0.39 is 0 Å². The first-order chi connectivity index (χ1) is 5.93. The summed E-state index contributed by atoms with van der Waals surface area (Å²) in [6.07, 6.45) is 5.34. The van der Waals surface area contributed by atoms with E-state index in [1.54, 1.807) is 0 Å². The minimum absolute atomic E-state index is 1.16. The van der Waals surface area contributed by atoms with Crippen LogP contribution in [0.1, 0.15) is 32.6 Å². The molecule has 1 aliphatic rings. The molecule has 0 spiro atoms. The number of nitrogens with one attached hydrogen (secondary N) is 1. The highest BCUT2D eigenvalue weighted by Crippen LogP contribution is 2.05. The van der Waals surface area contributed by atoms with Crippen LogP contribution in [0.25, 0.3) is 0 Å². The molecule has 2 nitrogen and oxygen atoms in total. The monoisotopic (exact) mass is 169 g/mol. The van der Waals surface area contributed by atoms with Gasteiger partial charge in [-0.25, -0.2) is 0 Å². The maximum Gasteiger partial charge on any atom is 0.0252 e. The maximum atomic E-state index is 3.35. The Labute approximate surface area is 76.3 Å². The van der Waals surface area contributed by atoms with Crippen molar-refractivity contribution in [2.75, 3.05) is 26.2 Å². The molecule has 1 fully saturated rings. The average Bonchev–Trinajstić information content (AvgIpc) is 2.14. The standard InChI is InChI=1S/C10H21N2/c1-2-3-4-5-8-12-9-6-11-7-10-12/h8,11H,2-7,9-10H2,1H3. The van der Waals surface area contributed by atoms with Crippen LogP contribution in [0.15, 0.2) is 0 Å². The van der Waals surface area contributed by atoms with Crippen LogP contribution in [0.5, 0.6) is 0 Å². The molecular formula is C10H21N2. The molecule has 0 saturated carbocycles. The molecule has 1 N–H and O–H groups in total. The molecule has 0 atom stereocenters. The Morgan fingerprint density at radius 1 is 1.25 bits per heavy atom. The second-order valence-corrected chi connectivity index (χ2v) is 3.46. The molecule has 1 radical (unpaired) electrons. The van der Waals surface area contributed by atoms with Gasteiger partial charge in [0.25, 0.3) is 0 Å². The number of rotatable bonds is 5. The van der Waals surface area contributed by atoms with Crippen LogP contribution in [0.3, 0.4) is 0 Å². The minimum Gasteiger partial charge on any atom is -0.314 e. The van der Waals surface area contributed by atoms with Crippen molar-refractivity contribution in [2.45, 2.75) is 32.6 Å². The van der Waals surface area contributed by atoms with E-state index in [2.05, 4.69) is 23.7 Å². The molecule has 71 valence electrons. The van der Waals surface area contributed by atoms with Crippen LogP contribution in [-0.2, 0) is 0 Å². The lowest BCUT2D eigenvalue weighted by Crippen LogP contribution is -2.41. The van der Waals surface area contributed by atoms with E-state index in [-0.39, 0.29) is 0 Å². The van der Waals surface area contributed by atoms with Crippen LogP contribution in [0.4, 0.5) is 0 Å². The molecule has 1 rings (SSSR count). The van der Waals surface area contributed by atoms with Crippen molar-refractivity contribution in [1.29, 1.82) is 0 Å². The fourth-order valence-corrected chi connectivity index (χ4v) is 1.53. The fraction of sp³-hybridized carbons (Fsp3) is 0.900. The molecule has 1 heterocycles.